The van der Waals surface area contributed by atoms with Crippen molar-refractivity contribution in [1.82, 2.24) is 0 Å². The second-order valence-electron chi connectivity index (χ2n) is 3.40. The van der Waals surface area contributed by atoms with Crippen molar-refractivity contribution in [3.8, 4) is 5.75 Å². The van der Waals surface area contributed by atoms with Crippen molar-refractivity contribution in [2.75, 3.05) is 13.2 Å². The van der Waals surface area contributed by atoms with Crippen molar-refractivity contribution in [2.45, 2.75) is 20.0 Å². The third-order valence-electron chi connectivity index (χ3n) is 1.97. The molecule has 0 fully saturated rings. The summed E-state index contributed by atoms with van der Waals surface area (Å²) in [5.74, 6) is -0.0155. The summed E-state index contributed by atoms with van der Waals surface area (Å²) in [5, 5.41) is 0. The average Bonchev–Trinajstić information content (AvgIpc) is 2.28. The maximum Gasteiger partial charge on any atom is 0.530 e. The van der Waals surface area contributed by atoms with E-state index in [-0.39, 0.29) is 19.0 Å². The lowest BCUT2D eigenvalue weighted by Gasteiger charge is -2.17. The van der Waals surface area contributed by atoms with Gasteiger partial charge in [-0.15, -0.1) is 0 Å². The monoisotopic (exact) mass is 298 g/mol. The molecule has 1 aromatic carbocycles. The molecule has 108 valence electrons. The topological polar surface area (TPSA) is 44.8 Å². The van der Waals surface area contributed by atoms with Gasteiger partial charge in [-0.2, -0.15) is 13.2 Å². The zero-order valence-corrected chi connectivity index (χ0v) is 11.3. The third kappa shape index (κ3) is 4.86. The van der Waals surface area contributed by atoms with Gasteiger partial charge in [-0.05, 0) is 38.1 Å². The number of rotatable bonds is 6. The summed E-state index contributed by atoms with van der Waals surface area (Å²) in [6, 6.07) is 3.79. The minimum absolute atomic E-state index is 0.0155. The summed E-state index contributed by atoms with van der Waals surface area (Å²) < 4.78 is 63.8. The van der Waals surface area contributed by atoms with Gasteiger partial charge in [0, 0.05) is 0 Å². The lowest BCUT2D eigenvalue weighted by Crippen LogP contribution is -2.05. The molecule has 1 rings (SSSR count). The molecule has 0 heterocycles. The normalized spacial score (nSPS) is 12.5. The molecule has 1 aromatic rings. The van der Waals surface area contributed by atoms with E-state index in [1.807, 2.05) is 0 Å². The van der Waals surface area contributed by atoms with Gasteiger partial charge in [-0.25, -0.2) is 4.57 Å². The van der Waals surface area contributed by atoms with Gasteiger partial charge in [-0.3, -0.25) is 9.05 Å². The van der Waals surface area contributed by atoms with Crippen LogP contribution in [0.2, 0.25) is 0 Å². The molecule has 0 radical (unpaired) electrons. The van der Waals surface area contributed by atoms with Crippen LogP contribution in [0, 0.1) is 0 Å². The molecule has 0 unspecified atom stereocenters. The summed E-state index contributed by atoms with van der Waals surface area (Å²) >= 11 is 0. The highest BCUT2D eigenvalue weighted by Gasteiger charge is 2.31. The summed E-state index contributed by atoms with van der Waals surface area (Å²) in [6.45, 7) is 3.39. The van der Waals surface area contributed by atoms with Crippen molar-refractivity contribution in [3.05, 3.63) is 29.8 Å². The van der Waals surface area contributed by atoms with Gasteiger partial charge in [-0.1, -0.05) is 0 Å². The number of benzene rings is 1. The lowest BCUT2D eigenvalue weighted by molar-refractivity contribution is -0.137. The van der Waals surface area contributed by atoms with E-state index >= 15 is 0 Å². The fraction of sp³-hybridized carbons (Fsp3) is 0.455. The number of phosphoric acid groups is 1. The van der Waals surface area contributed by atoms with E-state index in [9.17, 15) is 17.7 Å². The maximum atomic E-state index is 12.4. The van der Waals surface area contributed by atoms with Gasteiger partial charge in [0.05, 0.1) is 18.8 Å². The highest BCUT2D eigenvalue weighted by Crippen LogP contribution is 2.49. The predicted octanol–water partition coefficient (Wildman–Crippen LogP) is 4.27. The van der Waals surface area contributed by atoms with Crippen LogP contribution < -0.4 is 4.52 Å². The highest BCUT2D eigenvalue weighted by molar-refractivity contribution is 7.48. The van der Waals surface area contributed by atoms with Crippen LogP contribution in [0.3, 0.4) is 0 Å². The molecule has 0 spiro atoms. The molecule has 0 aliphatic heterocycles. The Labute approximate surface area is 109 Å². The first kappa shape index (κ1) is 16.0. The molecule has 0 bridgehead atoms. The van der Waals surface area contributed by atoms with Crippen LogP contribution >= 0.6 is 7.82 Å². The molecule has 0 saturated carbocycles. The van der Waals surface area contributed by atoms with Crippen molar-refractivity contribution < 1.29 is 31.3 Å². The second kappa shape index (κ2) is 6.41. The number of phosphoric ester groups is 1. The summed E-state index contributed by atoms with van der Waals surface area (Å²) in [7, 11) is -3.78. The van der Waals surface area contributed by atoms with E-state index in [1.54, 1.807) is 13.8 Å². The molecule has 0 aliphatic rings. The van der Waals surface area contributed by atoms with E-state index in [0.717, 1.165) is 24.3 Å². The molecule has 0 atom stereocenters. The largest absolute Gasteiger partial charge is 0.530 e. The summed E-state index contributed by atoms with van der Waals surface area (Å²) in [6.07, 6.45) is -4.43. The summed E-state index contributed by atoms with van der Waals surface area (Å²) in [4.78, 5) is 0. The molecule has 4 nitrogen and oxygen atoms in total. The minimum Gasteiger partial charge on any atom is -0.404 e. The zero-order valence-electron chi connectivity index (χ0n) is 10.4. The first-order valence-corrected chi connectivity index (χ1v) is 7.02. The quantitative estimate of drug-likeness (QED) is 0.736. The van der Waals surface area contributed by atoms with Crippen LogP contribution in [-0.4, -0.2) is 13.2 Å². The average molecular weight is 298 g/mol. The van der Waals surface area contributed by atoms with Crippen LogP contribution in [0.25, 0.3) is 0 Å². The summed E-state index contributed by atoms with van der Waals surface area (Å²) in [5.41, 5.74) is -0.817. The molecule has 0 amide bonds. The Morgan fingerprint density at radius 1 is 1.05 bits per heavy atom. The number of halogens is 3. The molecular formula is C11H14F3O4P. The van der Waals surface area contributed by atoms with Crippen molar-refractivity contribution in [1.29, 1.82) is 0 Å². The fourth-order valence-electron chi connectivity index (χ4n) is 1.24. The number of hydrogen-bond donors (Lipinski definition) is 0. The Morgan fingerprint density at radius 3 is 1.89 bits per heavy atom. The fourth-order valence-corrected chi connectivity index (χ4v) is 2.43. The smallest absolute Gasteiger partial charge is 0.404 e. The molecule has 0 aromatic heterocycles. The van der Waals surface area contributed by atoms with Crippen LogP contribution in [0.15, 0.2) is 24.3 Å². The van der Waals surface area contributed by atoms with E-state index in [2.05, 4.69) is 0 Å². The van der Waals surface area contributed by atoms with Crippen LogP contribution in [0.5, 0.6) is 5.75 Å². The van der Waals surface area contributed by atoms with E-state index in [0.29, 0.717) is 0 Å². The van der Waals surface area contributed by atoms with Crippen LogP contribution in [-0.2, 0) is 19.8 Å². The highest BCUT2D eigenvalue weighted by atomic mass is 31.2. The minimum atomic E-state index is -4.43. The first-order chi connectivity index (χ1) is 8.80. The van der Waals surface area contributed by atoms with Gasteiger partial charge >= 0.3 is 14.0 Å². The SMILES string of the molecule is CCOP(=O)(OCC)Oc1ccc(C(F)(F)F)cc1. The number of hydrogen-bond acceptors (Lipinski definition) is 4. The molecule has 19 heavy (non-hydrogen) atoms. The predicted molar refractivity (Wildman–Crippen MR) is 62.9 cm³/mol. The van der Waals surface area contributed by atoms with Gasteiger partial charge in [0.25, 0.3) is 0 Å². The standard InChI is InChI=1S/C11H14F3O4P/c1-3-16-19(15,17-4-2)18-10-7-5-9(6-8-10)11(12,13)14/h5-8H,3-4H2,1-2H3. The van der Waals surface area contributed by atoms with E-state index in [1.165, 1.54) is 0 Å². The Bertz CT molecular complexity index is 434. The molecule has 0 saturated heterocycles. The zero-order chi connectivity index (χ0) is 14.5. The van der Waals surface area contributed by atoms with Gasteiger partial charge in [0.2, 0.25) is 0 Å². The van der Waals surface area contributed by atoms with Crippen LogP contribution in [0.1, 0.15) is 19.4 Å². The van der Waals surface area contributed by atoms with Crippen molar-refractivity contribution in [2.24, 2.45) is 0 Å². The molecular weight excluding hydrogens is 284 g/mol. The molecule has 8 heteroatoms. The Morgan fingerprint density at radius 2 is 1.53 bits per heavy atom. The Balaban J connectivity index is 2.84. The Kier molecular flexibility index (Phi) is 5.40. The Hall–Kier alpha value is -1.04. The molecule has 0 N–H and O–H groups in total. The van der Waals surface area contributed by atoms with Gasteiger partial charge in [0.15, 0.2) is 0 Å². The van der Waals surface area contributed by atoms with Crippen molar-refractivity contribution in [3.63, 3.8) is 0 Å². The lowest BCUT2D eigenvalue weighted by atomic mass is 10.2. The molecule has 0 aliphatic carbocycles. The van der Waals surface area contributed by atoms with Crippen molar-refractivity contribution >= 4 is 7.82 Å². The van der Waals surface area contributed by atoms with E-state index in [4.69, 9.17) is 13.6 Å². The third-order valence-corrected chi connectivity index (χ3v) is 3.56. The first-order valence-electron chi connectivity index (χ1n) is 5.56. The van der Waals surface area contributed by atoms with Gasteiger partial charge < -0.3 is 4.52 Å². The van der Waals surface area contributed by atoms with E-state index < -0.39 is 19.6 Å². The van der Waals surface area contributed by atoms with Crippen LogP contribution in [0.4, 0.5) is 13.2 Å². The second-order valence-corrected chi connectivity index (χ2v) is 4.99. The van der Waals surface area contributed by atoms with Gasteiger partial charge in [0.1, 0.15) is 5.75 Å². The maximum absolute atomic E-state index is 12.4. The number of alkyl halides is 3.